The zero-order valence-electron chi connectivity index (χ0n) is 15.3. The minimum absolute atomic E-state index is 0.0432. The van der Waals surface area contributed by atoms with Gasteiger partial charge in [0.25, 0.3) is 0 Å². The van der Waals surface area contributed by atoms with Crippen LogP contribution in [-0.2, 0) is 10.0 Å². The van der Waals surface area contributed by atoms with Crippen LogP contribution in [0.5, 0.6) is 0 Å². The van der Waals surface area contributed by atoms with Gasteiger partial charge in [-0.3, -0.25) is 0 Å². The molecule has 3 rings (SSSR count). The van der Waals surface area contributed by atoms with E-state index >= 15 is 0 Å². The van der Waals surface area contributed by atoms with E-state index in [1.807, 2.05) is 0 Å². The Hall–Kier alpha value is -1.31. The fourth-order valence-electron chi connectivity index (χ4n) is 4.03. The molecule has 0 radical (unpaired) electrons. The van der Waals surface area contributed by atoms with Crippen LogP contribution >= 0.6 is 11.6 Å². The highest BCUT2D eigenvalue weighted by Crippen LogP contribution is 2.32. The summed E-state index contributed by atoms with van der Waals surface area (Å²) in [5.74, 6) is -1.17. The molecule has 2 aliphatic carbocycles. The van der Waals surface area contributed by atoms with Gasteiger partial charge in [0.1, 0.15) is 4.90 Å². The topological polar surface area (TPSA) is 95.5 Å². The fourth-order valence-corrected chi connectivity index (χ4v) is 5.88. The summed E-state index contributed by atoms with van der Waals surface area (Å²) in [7, 11) is -3.87. The van der Waals surface area contributed by atoms with E-state index < -0.39 is 16.0 Å². The highest BCUT2D eigenvalue weighted by molar-refractivity contribution is 7.89. The van der Waals surface area contributed by atoms with Crippen LogP contribution in [0.1, 0.15) is 74.6 Å². The van der Waals surface area contributed by atoms with Crippen molar-refractivity contribution in [3.63, 3.8) is 0 Å². The van der Waals surface area contributed by atoms with Crippen LogP contribution in [0.15, 0.2) is 17.0 Å². The van der Waals surface area contributed by atoms with E-state index in [0.29, 0.717) is 5.69 Å². The molecule has 6 nitrogen and oxygen atoms in total. The molecule has 0 aromatic heterocycles. The van der Waals surface area contributed by atoms with E-state index in [-0.39, 0.29) is 27.6 Å². The van der Waals surface area contributed by atoms with Gasteiger partial charge in [-0.2, -0.15) is 0 Å². The largest absolute Gasteiger partial charge is 0.478 e. The average molecular weight is 415 g/mol. The van der Waals surface area contributed by atoms with Crippen molar-refractivity contribution in [2.24, 2.45) is 0 Å². The summed E-state index contributed by atoms with van der Waals surface area (Å²) in [6.07, 6.45) is 10.0. The normalized spacial score (nSPS) is 19.7. The number of carboxylic acid groups (broad SMARTS) is 1. The zero-order valence-corrected chi connectivity index (χ0v) is 16.9. The van der Waals surface area contributed by atoms with E-state index in [4.69, 9.17) is 11.6 Å². The van der Waals surface area contributed by atoms with Crippen LogP contribution in [0.4, 0.5) is 5.69 Å². The number of aromatic carboxylic acids is 1. The number of hydrogen-bond donors (Lipinski definition) is 3. The van der Waals surface area contributed by atoms with Crippen molar-refractivity contribution in [3.05, 3.63) is 22.7 Å². The van der Waals surface area contributed by atoms with Gasteiger partial charge in [-0.25, -0.2) is 17.9 Å². The van der Waals surface area contributed by atoms with Crippen molar-refractivity contribution >= 4 is 33.3 Å². The Morgan fingerprint density at radius 2 is 1.52 bits per heavy atom. The van der Waals surface area contributed by atoms with Crippen molar-refractivity contribution in [2.45, 2.75) is 81.2 Å². The van der Waals surface area contributed by atoms with E-state index in [9.17, 15) is 18.3 Å². The molecule has 0 bridgehead atoms. The number of nitrogens with one attached hydrogen (secondary N) is 2. The molecule has 2 saturated carbocycles. The summed E-state index contributed by atoms with van der Waals surface area (Å²) in [5, 5.41) is 12.9. The van der Waals surface area contributed by atoms with Gasteiger partial charge in [0.2, 0.25) is 10.0 Å². The van der Waals surface area contributed by atoms with Gasteiger partial charge < -0.3 is 10.4 Å². The fraction of sp³-hybridized carbons (Fsp3) is 0.632. The molecule has 1 aromatic carbocycles. The molecule has 0 unspecified atom stereocenters. The quantitative estimate of drug-likeness (QED) is 0.641. The number of sulfonamides is 1. The zero-order chi connectivity index (χ0) is 19.4. The average Bonchev–Trinajstić information content (AvgIpc) is 2.62. The van der Waals surface area contributed by atoms with Crippen LogP contribution in [0, 0.1) is 0 Å². The molecule has 8 heteroatoms. The first-order chi connectivity index (χ1) is 12.9. The van der Waals surface area contributed by atoms with E-state index in [0.717, 1.165) is 57.8 Å². The number of carbonyl (C=O) groups is 1. The molecule has 1 aromatic rings. The lowest BCUT2D eigenvalue weighted by atomic mass is 9.95. The predicted molar refractivity (Wildman–Crippen MR) is 106 cm³/mol. The summed E-state index contributed by atoms with van der Waals surface area (Å²) in [6.45, 7) is 0. The molecule has 0 heterocycles. The molecule has 0 aliphatic heterocycles. The Bertz CT molecular complexity index is 785. The lowest BCUT2D eigenvalue weighted by molar-refractivity contribution is 0.0697. The van der Waals surface area contributed by atoms with Crippen molar-refractivity contribution in [3.8, 4) is 0 Å². The lowest BCUT2D eigenvalue weighted by Crippen LogP contribution is -2.36. The molecule has 0 spiro atoms. The van der Waals surface area contributed by atoms with Crippen LogP contribution in [0.2, 0.25) is 5.02 Å². The monoisotopic (exact) mass is 414 g/mol. The van der Waals surface area contributed by atoms with Crippen LogP contribution < -0.4 is 10.0 Å². The number of carboxylic acids is 1. The second-order valence-corrected chi connectivity index (χ2v) is 9.66. The Kier molecular flexibility index (Phi) is 6.65. The van der Waals surface area contributed by atoms with Gasteiger partial charge in [0, 0.05) is 12.1 Å². The third-order valence-electron chi connectivity index (χ3n) is 5.48. The maximum Gasteiger partial charge on any atom is 0.337 e. The third-order valence-corrected chi connectivity index (χ3v) is 7.47. The van der Waals surface area contributed by atoms with Gasteiger partial charge in [0.15, 0.2) is 0 Å². The number of hydrogen-bond acceptors (Lipinski definition) is 4. The lowest BCUT2D eigenvalue weighted by Gasteiger charge is -2.25. The Balaban J connectivity index is 1.87. The summed E-state index contributed by atoms with van der Waals surface area (Å²) in [5.41, 5.74) is 0.324. The molecule has 3 N–H and O–H groups in total. The van der Waals surface area contributed by atoms with Gasteiger partial charge in [-0.15, -0.1) is 0 Å². The molecule has 150 valence electrons. The first-order valence-corrected chi connectivity index (χ1v) is 11.6. The molecule has 0 amide bonds. The maximum absolute atomic E-state index is 12.8. The molecule has 0 atom stereocenters. The van der Waals surface area contributed by atoms with Gasteiger partial charge in [0.05, 0.1) is 16.3 Å². The third kappa shape index (κ3) is 5.15. The first-order valence-electron chi connectivity index (χ1n) is 9.72. The number of rotatable bonds is 6. The Morgan fingerprint density at radius 1 is 0.963 bits per heavy atom. The van der Waals surface area contributed by atoms with E-state index in [1.54, 1.807) is 0 Å². The van der Waals surface area contributed by atoms with Crippen LogP contribution in [-0.4, -0.2) is 31.6 Å². The predicted octanol–water partition coefficient (Wildman–Crippen LogP) is 4.39. The van der Waals surface area contributed by atoms with Crippen molar-refractivity contribution in [2.75, 3.05) is 5.32 Å². The van der Waals surface area contributed by atoms with Crippen molar-refractivity contribution in [1.82, 2.24) is 4.72 Å². The summed E-state index contributed by atoms with van der Waals surface area (Å²) in [4.78, 5) is 11.6. The van der Waals surface area contributed by atoms with Gasteiger partial charge in [-0.05, 0) is 37.8 Å². The van der Waals surface area contributed by atoms with E-state index in [2.05, 4.69) is 10.0 Å². The molecule has 2 fully saturated rings. The molecule has 27 heavy (non-hydrogen) atoms. The summed E-state index contributed by atoms with van der Waals surface area (Å²) >= 11 is 6.27. The molecular weight excluding hydrogens is 388 g/mol. The van der Waals surface area contributed by atoms with Crippen LogP contribution in [0.3, 0.4) is 0 Å². The highest BCUT2D eigenvalue weighted by Gasteiger charge is 2.27. The van der Waals surface area contributed by atoms with Gasteiger partial charge >= 0.3 is 5.97 Å². The smallest absolute Gasteiger partial charge is 0.337 e. The standard InChI is InChI=1S/C19H27ClN2O4S/c20-16-12-17(21-13-7-3-1-4-8-13)15(19(23)24)11-18(16)27(25,26)22-14-9-5-2-6-10-14/h11-14,21-22H,1-10H2,(H,23,24). The van der Waals surface area contributed by atoms with Crippen molar-refractivity contribution < 1.29 is 18.3 Å². The SMILES string of the molecule is O=C(O)c1cc(S(=O)(=O)NC2CCCCC2)c(Cl)cc1NC1CCCCC1. The second kappa shape index (κ2) is 8.80. The molecule has 0 saturated heterocycles. The number of anilines is 1. The maximum atomic E-state index is 12.8. The second-order valence-electron chi connectivity index (χ2n) is 7.57. The van der Waals surface area contributed by atoms with Gasteiger partial charge in [-0.1, -0.05) is 50.1 Å². The van der Waals surface area contributed by atoms with E-state index in [1.165, 1.54) is 18.6 Å². The summed E-state index contributed by atoms with van der Waals surface area (Å²) < 4.78 is 28.3. The molecule has 2 aliphatic rings. The molecular formula is C19H27ClN2O4S. The Labute approximate surface area is 165 Å². The van der Waals surface area contributed by atoms with Crippen molar-refractivity contribution in [1.29, 1.82) is 0 Å². The summed E-state index contributed by atoms with van der Waals surface area (Å²) in [6, 6.07) is 2.69. The highest BCUT2D eigenvalue weighted by atomic mass is 35.5. The minimum Gasteiger partial charge on any atom is -0.478 e. The first kappa shape index (κ1) is 20.4. The number of halogens is 1. The van der Waals surface area contributed by atoms with Crippen LogP contribution in [0.25, 0.3) is 0 Å². The Morgan fingerprint density at radius 3 is 2.07 bits per heavy atom. The number of benzene rings is 1. The minimum atomic E-state index is -3.87.